The quantitative estimate of drug-likeness (QED) is 0.182. The minimum atomic E-state index is -0.785. The van der Waals surface area contributed by atoms with E-state index in [0.29, 0.717) is 22.9 Å². The van der Waals surface area contributed by atoms with Gasteiger partial charge in [0.2, 0.25) is 0 Å². The summed E-state index contributed by atoms with van der Waals surface area (Å²) < 4.78 is 9.12. The summed E-state index contributed by atoms with van der Waals surface area (Å²) in [7, 11) is 2.80. The van der Waals surface area contributed by atoms with E-state index in [9.17, 15) is 14.4 Å². The first-order valence-corrected chi connectivity index (χ1v) is 16.3. The van der Waals surface area contributed by atoms with E-state index >= 15 is 0 Å². The van der Waals surface area contributed by atoms with Crippen LogP contribution in [0.15, 0.2) is 72.8 Å². The van der Waals surface area contributed by atoms with Crippen molar-refractivity contribution in [2.45, 2.75) is 59.7 Å². The lowest BCUT2D eigenvalue weighted by Crippen LogP contribution is -2.27. The number of rotatable bonds is 8. The molecule has 0 aromatic heterocycles. The van der Waals surface area contributed by atoms with E-state index in [4.69, 9.17) is 44.6 Å². The summed E-state index contributed by atoms with van der Waals surface area (Å²) >= 11 is 20.5. The first-order valence-electron chi connectivity index (χ1n) is 14.1. The van der Waals surface area contributed by atoms with Crippen molar-refractivity contribution in [3.05, 3.63) is 105 Å². The molecule has 1 N–H and O–H groups in total. The molecule has 3 aromatic carbocycles. The SMILES string of the molecule is CC(C)(Cc1ccc(Cl)cc1)C(=O)O.COC(=O)C(C)(C)Cc1ccc(Cl)cc1.COC(=O)C(C)C.Clc1ccc(CBr)cc1. The Labute approximate surface area is 291 Å². The Morgan fingerprint density at radius 3 is 1.24 bits per heavy atom. The number of alkyl halides is 1. The molecule has 0 bridgehead atoms. The van der Waals surface area contributed by atoms with Gasteiger partial charge >= 0.3 is 17.9 Å². The smallest absolute Gasteiger partial charge is 0.311 e. The number of carboxylic acids is 1. The van der Waals surface area contributed by atoms with Crippen molar-refractivity contribution < 1.29 is 29.0 Å². The van der Waals surface area contributed by atoms with Gasteiger partial charge < -0.3 is 14.6 Å². The molecule has 0 fully saturated rings. The van der Waals surface area contributed by atoms with Crippen LogP contribution < -0.4 is 0 Å². The van der Waals surface area contributed by atoms with Crippen LogP contribution in [0, 0.1) is 16.7 Å². The molecule has 45 heavy (non-hydrogen) atoms. The number of hydrogen-bond acceptors (Lipinski definition) is 5. The van der Waals surface area contributed by atoms with Gasteiger partial charge in [0, 0.05) is 20.4 Å². The highest BCUT2D eigenvalue weighted by Gasteiger charge is 2.29. The number of methoxy groups -OCH3 is 2. The maximum atomic E-state index is 11.5. The van der Waals surface area contributed by atoms with Crippen LogP contribution in [0.1, 0.15) is 58.2 Å². The van der Waals surface area contributed by atoms with Gasteiger partial charge in [0.25, 0.3) is 0 Å². The third-order valence-electron chi connectivity index (χ3n) is 6.18. The van der Waals surface area contributed by atoms with E-state index in [1.165, 1.54) is 19.8 Å². The largest absolute Gasteiger partial charge is 0.481 e. The van der Waals surface area contributed by atoms with Crippen LogP contribution in [0.3, 0.4) is 0 Å². The summed E-state index contributed by atoms with van der Waals surface area (Å²) in [4.78, 5) is 32.6. The van der Waals surface area contributed by atoms with Crippen LogP contribution in [0.5, 0.6) is 0 Å². The normalized spacial score (nSPS) is 10.6. The molecule has 0 saturated heterocycles. The third kappa shape index (κ3) is 18.2. The molecule has 0 atom stereocenters. The van der Waals surface area contributed by atoms with Gasteiger partial charge in [0.15, 0.2) is 0 Å². The van der Waals surface area contributed by atoms with E-state index in [1.807, 2.05) is 74.5 Å². The second-order valence-corrected chi connectivity index (χ2v) is 13.5. The fraction of sp³-hybridized carbons (Fsp3) is 0.400. The Hall–Kier alpha value is -2.58. The predicted octanol–water partition coefficient (Wildman–Crippen LogP) is 10.1. The summed E-state index contributed by atoms with van der Waals surface area (Å²) in [6.45, 7) is 10.8. The highest BCUT2D eigenvalue weighted by atomic mass is 79.9. The maximum absolute atomic E-state index is 11.5. The summed E-state index contributed by atoms with van der Waals surface area (Å²) in [6.07, 6.45) is 1.16. The zero-order valence-corrected chi connectivity index (χ0v) is 31.0. The highest BCUT2D eigenvalue weighted by Crippen LogP contribution is 2.24. The van der Waals surface area contributed by atoms with Crippen LogP contribution in [-0.2, 0) is 42.0 Å². The molecule has 0 heterocycles. The summed E-state index contributed by atoms with van der Waals surface area (Å²) in [5.74, 6) is -1.13. The van der Waals surface area contributed by atoms with Gasteiger partial charge in [0.05, 0.1) is 31.0 Å². The fourth-order valence-corrected chi connectivity index (χ4v) is 4.21. The summed E-state index contributed by atoms with van der Waals surface area (Å²) in [6, 6.07) is 22.5. The molecule has 0 unspecified atom stereocenters. The number of carbonyl (C=O) groups is 3. The average molecular weight is 747 g/mol. The van der Waals surface area contributed by atoms with E-state index in [2.05, 4.69) is 20.7 Å². The van der Waals surface area contributed by atoms with Gasteiger partial charge in [-0.05, 0) is 93.6 Å². The minimum Gasteiger partial charge on any atom is -0.481 e. The second-order valence-electron chi connectivity index (χ2n) is 11.6. The molecule has 6 nitrogen and oxygen atoms in total. The van der Waals surface area contributed by atoms with Crippen LogP contribution in [0.25, 0.3) is 0 Å². The molecule has 0 aliphatic heterocycles. The van der Waals surface area contributed by atoms with Gasteiger partial charge in [-0.25, -0.2) is 0 Å². The first kappa shape index (κ1) is 42.4. The Morgan fingerprint density at radius 2 is 1.00 bits per heavy atom. The van der Waals surface area contributed by atoms with Crippen LogP contribution in [0.2, 0.25) is 15.1 Å². The van der Waals surface area contributed by atoms with Gasteiger partial charge in [-0.1, -0.05) is 101 Å². The molecule has 0 aliphatic rings. The Balaban J connectivity index is 0.000000598. The number of halogens is 4. The zero-order valence-electron chi connectivity index (χ0n) is 27.1. The van der Waals surface area contributed by atoms with Gasteiger partial charge in [-0.15, -0.1) is 0 Å². The van der Waals surface area contributed by atoms with Crippen molar-refractivity contribution in [3.63, 3.8) is 0 Å². The van der Waals surface area contributed by atoms with Gasteiger partial charge in [-0.2, -0.15) is 0 Å². The molecular formula is C35H44BrCl3O6. The standard InChI is InChI=1S/C12H15ClO2.C11H13ClO2.C7H6BrCl.C5H10O2/c1-12(2,11(14)15-3)8-9-4-6-10(13)7-5-9;1-11(2,10(13)14)7-8-3-5-9(12)6-4-8;8-5-6-1-3-7(9)4-2-6;1-4(2)5(6)7-3/h4-7H,8H2,1-3H3;3-6H,7H2,1-2H3,(H,13,14);1-4H,5H2;4H,1-3H3. The van der Waals surface area contributed by atoms with Gasteiger partial charge in [-0.3, -0.25) is 14.4 Å². The van der Waals surface area contributed by atoms with E-state index in [0.717, 1.165) is 21.5 Å². The van der Waals surface area contributed by atoms with Crippen molar-refractivity contribution in [1.29, 1.82) is 0 Å². The average Bonchev–Trinajstić information content (AvgIpc) is 2.99. The second kappa shape index (κ2) is 21.3. The molecule has 0 amide bonds. The molecule has 0 aliphatic carbocycles. The lowest BCUT2D eigenvalue weighted by Gasteiger charge is -2.21. The molecule has 0 radical (unpaired) electrons. The Bertz CT molecular complexity index is 1310. The zero-order chi connectivity index (χ0) is 34.8. The topological polar surface area (TPSA) is 89.9 Å². The van der Waals surface area contributed by atoms with E-state index in [-0.39, 0.29) is 17.9 Å². The summed E-state index contributed by atoms with van der Waals surface area (Å²) in [5, 5.41) is 12.0. The van der Waals surface area contributed by atoms with Crippen LogP contribution in [-0.4, -0.2) is 37.2 Å². The molecule has 0 spiro atoms. The predicted molar refractivity (Wildman–Crippen MR) is 188 cm³/mol. The van der Waals surface area contributed by atoms with Crippen molar-refractivity contribution in [2.24, 2.45) is 16.7 Å². The number of carboxylic acid groups (broad SMARTS) is 1. The molecule has 10 heteroatoms. The molecule has 3 aromatic rings. The summed E-state index contributed by atoms with van der Waals surface area (Å²) in [5.41, 5.74) is 2.09. The lowest BCUT2D eigenvalue weighted by atomic mass is 9.86. The molecule has 3 rings (SSSR count). The van der Waals surface area contributed by atoms with Crippen molar-refractivity contribution in [2.75, 3.05) is 14.2 Å². The molecular weight excluding hydrogens is 703 g/mol. The van der Waals surface area contributed by atoms with Crippen molar-refractivity contribution in [3.8, 4) is 0 Å². The maximum Gasteiger partial charge on any atom is 0.311 e. The molecule has 0 saturated carbocycles. The number of aliphatic carboxylic acids is 1. The van der Waals surface area contributed by atoms with Crippen molar-refractivity contribution >= 4 is 68.6 Å². The van der Waals surface area contributed by atoms with E-state index < -0.39 is 16.8 Å². The number of benzene rings is 3. The third-order valence-corrected chi connectivity index (χ3v) is 7.58. The number of carbonyl (C=O) groups excluding carboxylic acids is 2. The number of ether oxygens (including phenoxy) is 2. The monoisotopic (exact) mass is 744 g/mol. The molecule has 248 valence electrons. The van der Waals surface area contributed by atoms with Crippen LogP contribution in [0.4, 0.5) is 0 Å². The number of hydrogen-bond donors (Lipinski definition) is 1. The minimum absolute atomic E-state index is 0.00463. The van der Waals surface area contributed by atoms with E-state index in [1.54, 1.807) is 39.8 Å². The number of esters is 2. The van der Waals surface area contributed by atoms with Crippen molar-refractivity contribution in [1.82, 2.24) is 0 Å². The Morgan fingerprint density at radius 1 is 0.667 bits per heavy atom. The van der Waals surface area contributed by atoms with Crippen LogP contribution >= 0.6 is 50.7 Å². The fourth-order valence-electron chi connectivity index (χ4n) is 3.46. The Kier molecular flexibility index (Phi) is 20.0. The van der Waals surface area contributed by atoms with Gasteiger partial charge in [0.1, 0.15) is 0 Å². The first-order chi connectivity index (χ1) is 20.9. The lowest BCUT2D eigenvalue weighted by molar-refractivity contribution is -0.150. The highest BCUT2D eigenvalue weighted by molar-refractivity contribution is 9.08.